The van der Waals surface area contributed by atoms with Crippen molar-refractivity contribution in [2.75, 3.05) is 33.9 Å². The van der Waals surface area contributed by atoms with Crippen LogP contribution in [0.5, 0.6) is 17.2 Å². The van der Waals surface area contributed by atoms with Crippen LogP contribution in [0.25, 0.3) is 0 Å². The zero-order chi connectivity index (χ0) is 19.2. The zero-order valence-corrected chi connectivity index (χ0v) is 15.7. The highest BCUT2D eigenvalue weighted by Gasteiger charge is 2.30. The van der Waals surface area contributed by atoms with Crippen LogP contribution in [-0.2, 0) is 0 Å². The fourth-order valence-electron chi connectivity index (χ4n) is 3.54. The predicted octanol–water partition coefficient (Wildman–Crippen LogP) is 3.42. The molecule has 2 aromatic carbocycles. The maximum absolute atomic E-state index is 12.9. The van der Waals surface area contributed by atoms with Gasteiger partial charge in [0, 0.05) is 24.2 Å². The normalized spacial score (nSPS) is 18.3. The molecule has 1 aliphatic heterocycles. The molecule has 0 amide bonds. The summed E-state index contributed by atoms with van der Waals surface area (Å²) in [6, 6.07) is 11.8. The number of hydrogen-bond acceptors (Lipinski definition) is 5. The van der Waals surface area contributed by atoms with Crippen LogP contribution in [0.1, 0.15) is 24.4 Å². The standard InChI is InChI=1S/C21H26FNO4/c1-25-18-9-10-19(21(12-18)26-2)20-4-3-11-23(20)13-16(24)14-27-17-7-5-15(22)6-8-17/h5-10,12,16,20,24H,3-4,11,13-14H2,1-2H3. The molecule has 27 heavy (non-hydrogen) atoms. The van der Waals surface area contributed by atoms with Gasteiger partial charge in [0.1, 0.15) is 35.8 Å². The molecule has 1 aliphatic rings. The van der Waals surface area contributed by atoms with E-state index >= 15 is 0 Å². The van der Waals surface area contributed by atoms with E-state index < -0.39 is 6.10 Å². The second-order valence-electron chi connectivity index (χ2n) is 6.68. The molecule has 1 saturated heterocycles. The van der Waals surface area contributed by atoms with Gasteiger partial charge in [0.25, 0.3) is 0 Å². The number of aliphatic hydroxyl groups excluding tert-OH is 1. The Morgan fingerprint density at radius 2 is 1.85 bits per heavy atom. The second-order valence-corrected chi connectivity index (χ2v) is 6.68. The summed E-state index contributed by atoms with van der Waals surface area (Å²) in [5.41, 5.74) is 1.10. The molecule has 146 valence electrons. The third-order valence-electron chi connectivity index (χ3n) is 4.86. The van der Waals surface area contributed by atoms with E-state index in [1.807, 2.05) is 18.2 Å². The van der Waals surface area contributed by atoms with Crippen LogP contribution >= 0.6 is 0 Å². The van der Waals surface area contributed by atoms with E-state index in [1.165, 1.54) is 12.1 Å². The average Bonchev–Trinajstić information content (AvgIpc) is 3.14. The minimum absolute atomic E-state index is 0.161. The largest absolute Gasteiger partial charge is 0.497 e. The van der Waals surface area contributed by atoms with E-state index in [-0.39, 0.29) is 18.5 Å². The molecular weight excluding hydrogens is 349 g/mol. The van der Waals surface area contributed by atoms with Gasteiger partial charge in [-0.3, -0.25) is 4.90 Å². The number of benzene rings is 2. The molecule has 0 aliphatic carbocycles. The van der Waals surface area contributed by atoms with Gasteiger partial charge in [-0.25, -0.2) is 4.39 Å². The summed E-state index contributed by atoms with van der Waals surface area (Å²) in [4.78, 5) is 2.25. The average molecular weight is 375 g/mol. The fourth-order valence-corrected chi connectivity index (χ4v) is 3.54. The number of methoxy groups -OCH3 is 2. The van der Waals surface area contributed by atoms with Crippen LogP contribution in [0.2, 0.25) is 0 Å². The second kappa shape index (κ2) is 9.06. The lowest BCUT2D eigenvalue weighted by molar-refractivity contribution is 0.0635. The summed E-state index contributed by atoms with van der Waals surface area (Å²) >= 11 is 0. The van der Waals surface area contributed by atoms with Crippen LogP contribution in [0.15, 0.2) is 42.5 Å². The van der Waals surface area contributed by atoms with Gasteiger partial charge in [0.05, 0.1) is 14.2 Å². The molecule has 2 atom stereocenters. The van der Waals surface area contributed by atoms with E-state index in [1.54, 1.807) is 26.4 Å². The summed E-state index contributed by atoms with van der Waals surface area (Å²) in [6.45, 7) is 1.57. The van der Waals surface area contributed by atoms with Crippen molar-refractivity contribution in [3.05, 3.63) is 53.8 Å². The molecule has 3 rings (SSSR count). The molecule has 1 fully saturated rings. The van der Waals surface area contributed by atoms with Crippen LogP contribution in [-0.4, -0.2) is 50.0 Å². The maximum atomic E-state index is 12.9. The van der Waals surface area contributed by atoms with Crippen molar-refractivity contribution in [2.45, 2.75) is 25.0 Å². The van der Waals surface area contributed by atoms with Gasteiger partial charge in [-0.15, -0.1) is 0 Å². The Bertz CT molecular complexity index is 737. The number of β-amino-alcohol motifs (C(OH)–C–C–N with tert-alkyl or cyclic N) is 1. The number of hydrogen-bond donors (Lipinski definition) is 1. The number of nitrogens with zero attached hydrogens (tertiary/aromatic N) is 1. The van der Waals surface area contributed by atoms with Crippen molar-refractivity contribution in [3.63, 3.8) is 0 Å². The minimum Gasteiger partial charge on any atom is -0.497 e. The van der Waals surface area contributed by atoms with E-state index in [4.69, 9.17) is 14.2 Å². The van der Waals surface area contributed by atoms with Crippen LogP contribution < -0.4 is 14.2 Å². The topological polar surface area (TPSA) is 51.2 Å². The van der Waals surface area contributed by atoms with E-state index in [2.05, 4.69) is 4.90 Å². The van der Waals surface area contributed by atoms with Gasteiger partial charge >= 0.3 is 0 Å². The summed E-state index contributed by atoms with van der Waals surface area (Å²) < 4.78 is 29.3. The SMILES string of the molecule is COc1ccc(C2CCCN2CC(O)COc2ccc(F)cc2)c(OC)c1. The van der Waals surface area contributed by atoms with Crippen molar-refractivity contribution < 1.29 is 23.7 Å². The summed E-state index contributed by atoms with van der Waals surface area (Å²) in [5.74, 6) is 1.79. The molecule has 0 aromatic heterocycles. The van der Waals surface area contributed by atoms with Crippen molar-refractivity contribution in [1.29, 1.82) is 0 Å². The van der Waals surface area contributed by atoms with Gasteiger partial charge in [-0.05, 0) is 49.7 Å². The first-order chi connectivity index (χ1) is 13.1. The van der Waals surface area contributed by atoms with Crippen LogP contribution in [0, 0.1) is 5.82 Å². The van der Waals surface area contributed by atoms with Crippen molar-refractivity contribution >= 4 is 0 Å². The molecule has 2 aromatic rings. The first-order valence-electron chi connectivity index (χ1n) is 9.13. The monoisotopic (exact) mass is 375 g/mol. The summed E-state index contributed by atoms with van der Waals surface area (Å²) in [6.07, 6.45) is 1.43. The van der Waals surface area contributed by atoms with Crippen molar-refractivity contribution in [2.24, 2.45) is 0 Å². The first kappa shape index (κ1) is 19.5. The summed E-state index contributed by atoms with van der Waals surface area (Å²) in [7, 11) is 3.29. The fraction of sp³-hybridized carbons (Fsp3) is 0.429. The Hall–Kier alpha value is -2.31. The number of rotatable bonds is 8. The lowest BCUT2D eigenvalue weighted by atomic mass is 10.0. The Kier molecular flexibility index (Phi) is 6.53. The Labute approximate surface area is 159 Å². The van der Waals surface area contributed by atoms with E-state index in [0.29, 0.717) is 12.3 Å². The quantitative estimate of drug-likeness (QED) is 0.766. The molecule has 0 saturated carbocycles. The van der Waals surface area contributed by atoms with Crippen LogP contribution in [0.4, 0.5) is 4.39 Å². The summed E-state index contributed by atoms with van der Waals surface area (Å²) in [5, 5.41) is 10.4. The van der Waals surface area contributed by atoms with Crippen LogP contribution in [0.3, 0.4) is 0 Å². The lowest BCUT2D eigenvalue weighted by Gasteiger charge is -2.28. The molecular formula is C21H26FNO4. The van der Waals surface area contributed by atoms with E-state index in [0.717, 1.165) is 36.4 Å². The molecule has 1 heterocycles. The van der Waals surface area contributed by atoms with Gasteiger partial charge in [-0.2, -0.15) is 0 Å². The molecule has 6 heteroatoms. The minimum atomic E-state index is -0.639. The molecule has 1 N–H and O–H groups in total. The smallest absolute Gasteiger partial charge is 0.127 e. The molecule has 0 bridgehead atoms. The lowest BCUT2D eigenvalue weighted by Crippen LogP contribution is -2.35. The third kappa shape index (κ3) is 4.90. The van der Waals surface area contributed by atoms with Gasteiger partial charge in [0.2, 0.25) is 0 Å². The number of ether oxygens (including phenoxy) is 3. The van der Waals surface area contributed by atoms with Gasteiger partial charge in [-0.1, -0.05) is 6.07 Å². The Balaban J connectivity index is 1.61. The van der Waals surface area contributed by atoms with Gasteiger partial charge in [0.15, 0.2) is 0 Å². The van der Waals surface area contributed by atoms with Gasteiger partial charge < -0.3 is 19.3 Å². The van der Waals surface area contributed by atoms with E-state index in [9.17, 15) is 9.50 Å². The highest BCUT2D eigenvalue weighted by atomic mass is 19.1. The predicted molar refractivity (Wildman–Crippen MR) is 101 cm³/mol. The molecule has 0 spiro atoms. The Morgan fingerprint density at radius 3 is 2.56 bits per heavy atom. The highest BCUT2D eigenvalue weighted by molar-refractivity contribution is 5.42. The molecule has 2 unspecified atom stereocenters. The first-order valence-corrected chi connectivity index (χ1v) is 9.13. The van der Waals surface area contributed by atoms with Crippen molar-refractivity contribution in [3.8, 4) is 17.2 Å². The highest BCUT2D eigenvalue weighted by Crippen LogP contribution is 2.38. The zero-order valence-electron chi connectivity index (χ0n) is 15.7. The third-order valence-corrected chi connectivity index (χ3v) is 4.86. The number of likely N-dealkylation sites (tertiary alicyclic amines) is 1. The van der Waals surface area contributed by atoms with Crippen molar-refractivity contribution in [1.82, 2.24) is 4.90 Å². The number of halogens is 1. The number of aliphatic hydroxyl groups is 1. The molecule has 5 nitrogen and oxygen atoms in total. The molecule has 0 radical (unpaired) electrons. The Morgan fingerprint density at radius 1 is 1.11 bits per heavy atom. The maximum Gasteiger partial charge on any atom is 0.127 e.